The second-order valence-electron chi connectivity index (χ2n) is 10.5. The lowest BCUT2D eigenvalue weighted by molar-refractivity contribution is 1.13. The van der Waals surface area contributed by atoms with E-state index in [1.54, 1.807) is 0 Å². The van der Waals surface area contributed by atoms with Crippen LogP contribution in [-0.2, 0) is 0 Å². The van der Waals surface area contributed by atoms with Crippen molar-refractivity contribution in [2.45, 2.75) is 0 Å². The standard InChI is InChI=1S/C37H23N3S/c1-2-10-25(11-3-1)39-22-20-31-33(39)19-18-28-29-16-17-30-27-13-4-5-15-34(27)41-37(30)36(29)40(35(28)31)26-12-8-9-24(23-26)32-14-6-7-21-38-32/h1-23H. The van der Waals surface area contributed by atoms with Gasteiger partial charge in [-0.15, -0.1) is 11.3 Å². The number of benzene rings is 5. The first kappa shape index (κ1) is 22.6. The normalized spacial score (nSPS) is 11.9. The molecule has 0 unspecified atom stereocenters. The summed E-state index contributed by atoms with van der Waals surface area (Å²) in [5.74, 6) is 0. The van der Waals surface area contributed by atoms with Crippen molar-refractivity contribution in [1.29, 1.82) is 0 Å². The van der Waals surface area contributed by atoms with E-state index < -0.39 is 0 Å². The lowest BCUT2D eigenvalue weighted by atomic mass is 10.1. The predicted octanol–water partition coefficient (Wildman–Crippen LogP) is 10.2. The maximum atomic E-state index is 4.65. The largest absolute Gasteiger partial charge is 0.316 e. The van der Waals surface area contributed by atoms with Crippen LogP contribution in [0.15, 0.2) is 140 Å². The molecule has 0 radical (unpaired) electrons. The van der Waals surface area contributed by atoms with Crippen LogP contribution in [-0.4, -0.2) is 14.1 Å². The zero-order chi connectivity index (χ0) is 26.9. The predicted molar refractivity (Wildman–Crippen MR) is 174 cm³/mol. The van der Waals surface area contributed by atoms with Gasteiger partial charge in [0.25, 0.3) is 0 Å². The van der Waals surface area contributed by atoms with Crippen LogP contribution in [0.3, 0.4) is 0 Å². The number of aromatic nitrogens is 3. The van der Waals surface area contributed by atoms with Crippen LogP contribution in [0.25, 0.3) is 75.5 Å². The highest BCUT2D eigenvalue weighted by atomic mass is 32.1. The quantitative estimate of drug-likeness (QED) is 0.218. The minimum Gasteiger partial charge on any atom is -0.316 e. The molecular weight excluding hydrogens is 518 g/mol. The Morgan fingerprint density at radius 3 is 2.22 bits per heavy atom. The Morgan fingerprint density at radius 1 is 0.537 bits per heavy atom. The van der Waals surface area contributed by atoms with Gasteiger partial charge >= 0.3 is 0 Å². The molecule has 0 spiro atoms. The second-order valence-corrected chi connectivity index (χ2v) is 11.5. The molecule has 192 valence electrons. The molecule has 0 atom stereocenters. The SMILES string of the molecule is c1ccc(-n2ccc3c2ccc2c4ccc5c6ccccc6sc5c4n(-c4cccc(-c5ccccn5)c4)c23)cc1. The van der Waals surface area contributed by atoms with Crippen molar-refractivity contribution in [3.63, 3.8) is 0 Å². The number of hydrogen-bond donors (Lipinski definition) is 0. The van der Waals surface area contributed by atoms with E-state index in [1.807, 2.05) is 29.7 Å². The minimum atomic E-state index is 0.975. The number of nitrogens with zero attached hydrogens (tertiary/aromatic N) is 3. The fourth-order valence-corrected chi connectivity index (χ4v) is 7.64. The summed E-state index contributed by atoms with van der Waals surface area (Å²) in [4.78, 5) is 4.65. The van der Waals surface area contributed by atoms with Gasteiger partial charge in [-0.2, -0.15) is 0 Å². The molecule has 0 aliphatic heterocycles. The molecule has 4 aromatic heterocycles. The van der Waals surface area contributed by atoms with E-state index in [2.05, 4.69) is 136 Å². The van der Waals surface area contributed by atoms with Crippen LogP contribution >= 0.6 is 11.3 Å². The second kappa shape index (κ2) is 8.65. The highest BCUT2D eigenvalue weighted by Crippen LogP contribution is 2.45. The summed E-state index contributed by atoms with van der Waals surface area (Å²) in [5, 5.41) is 6.40. The van der Waals surface area contributed by atoms with E-state index >= 15 is 0 Å². The number of fused-ring (bicyclic) bond motifs is 9. The van der Waals surface area contributed by atoms with Crippen LogP contribution in [0.5, 0.6) is 0 Å². The molecular formula is C37H23N3S. The maximum absolute atomic E-state index is 4.65. The molecule has 9 rings (SSSR count). The van der Waals surface area contributed by atoms with E-state index in [9.17, 15) is 0 Å². The van der Waals surface area contributed by atoms with Gasteiger partial charge < -0.3 is 9.13 Å². The summed E-state index contributed by atoms with van der Waals surface area (Å²) >= 11 is 1.88. The van der Waals surface area contributed by atoms with Crippen LogP contribution < -0.4 is 0 Å². The van der Waals surface area contributed by atoms with Crippen molar-refractivity contribution in [1.82, 2.24) is 14.1 Å². The number of rotatable bonds is 3. The van der Waals surface area contributed by atoms with Crippen LogP contribution in [0.1, 0.15) is 0 Å². The first-order valence-electron chi connectivity index (χ1n) is 13.8. The Morgan fingerprint density at radius 2 is 1.32 bits per heavy atom. The van der Waals surface area contributed by atoms with E-state index in [0.717, 1.165) is 22.6 Å². The molecule has 0 saturated carbocycles. The Bertz CT molecular complexity index is 2410. The average Bonchev–Trinajstić information content (AvgIpc) is 3.73. The van der Waals surface area contributed by atoms with Gasteiger partial charge in [0, 0.05) is 61.0 Å². The Hall–Kier alpha value is -5.19. The van der Waals surface area contributed by atoms with Crippen molar-refractivity contribution in [2.24, 2.45) is 0 Å². The molecule has 0 bridgehead atoms. The van der Waals surface area contributed by atoms with Gasteiger partial charge in [-0.3, -0.25) is 4.98 Å². The summed E-state index contributed by atoms with van der Waals surface area (Å²) < 4.78 is 7.41. The molecule has 4 heterocycles. The number of para-hydroxylation sites is 1. The molecule has 0 aliphatic carbocycles. The monoisotopic (exact) mass is 541 g/mol. The summed E-state index contributed by atoms with van der Waals surface area (Å²) in [6, 6.07) is 45.7. The molecule has 9 aromatic rings. The highest BCUT2D eigenvalue weighted by molar-refractivity contribution is 7.26. The Labute approximate surface area is 240 Å². The van der Waals surface area contributed by atoms with Crippen LogP contribution in [0.2, 0.25) is 0 Å². The van der Waals surface area contributed by atoms with Gasteiger partial charge in [0.2, 0.25) is 0 Å². The molecule has 0 amide bonds. The van der Waals surface area contributed by atoms with Crippen molar-refractivity contribution < 1.29 is 0 Å². The molecule has 0 N–H and O–H groups in total. The Balaban J connectivity index is 1.45. The Kier molecular flexibility index (Phi) is 4.77. The van der Waals surface area contributed by atoms with E-state index in [0.29, 0.717) is 0 Å². The first-order valence-corrected chi connectivity index (χ1v) is 14.6. The molecule has 0 saturated heterocycles. The molecule has 41 heavy (non-hydrogen) atoms. The zero-order valence-electron chi connectivity index (χ0n) is 22.0. The summed E-state index contributed by atoms with van der Waals surface area (Å²) in [5.41, 5.74) is 8.07. The van der Waals surface area contributed by atoms with Gasteiger partial charge in [-0.25, -0.2) is 0 Å². The third-order valence-electron chi connectivity index (χ3n) is 8.20. The third kappa shape index (κ3) is 3.28. The molecule has 5 aromatic carbocycles. The molecule has 4 heteroatoms. The summed E-state index contributed by atoms with van der Waals surface area (Å²) in [7, 11) is 0. The highest BCUT2D eigenvalue weighted by Gasteiger charge is 2.21. The smallest absolute Gasteiger partial charge is 0.0720 e. The van der Waals surface area contributed by atoms with Gasteiger partial charge in [0.15, 0.2) is 0 Å². The van der Waals surface area contributed by atoms with Gasteiger partial charge in [-0.05, 0) is 54.6 Å². The maximum Gasteiger partial charge on any atom is 0.0720 e. The number of hydrogen-bond acceptors (Lipinski definition) is 2. The lowest BCUT2D eigenvalue weighted by Gasteiger charge is -2.12. The van der Waals surface area contributed by atoms with Crippen molar-refractivity contribution in [3.8, 4) is 22.6 Å². The topological polar surface area (TPSA) is 22.8 Å². The van der Waals surface area contributed by atoms with Gasteiger partial charge in [0.05, 0.1) is 26.9 Å². The zero-order valence-corrected chi connectivity index (χ0v) is 22.8. The summed E-state index contributed by atoms with van der Waals surface area (Å²) in [6.45, 7) is 0. The molecule has 0 aliphatic rings. The fraction of sp³-hybridized carbons (Fsp3) is 0. The number of thiophene rings is 1. The van der Waals surface area contributed by atoms with E-state index in [1.165, 1.54) is 52.9 Å². The van der Waals surface area contributed by atoms with E-state index in [-0.39, 0.29) is 0 Å². The minimum absolute atomic E-state index is 0.975. The van der Waals surface area contributed by atoms with Crippen molar-refractivity contribution in [2.75, 3.05) is 0 Å². The van der Waals surface area contributed by atoms with E-state index in [4.69, 9.17) is 0 Å². The molecule has 3 nitrogen and oxygen atoms in total. The van der Waals surface area contributed by atoms with Crippen molar-refractivity contribution >= 4 is 64.2 Å². The van der Waals surface area contributed by atoms with Crippen LogP contribution in [0.4, 0.5) is 0 Å². The fourth-order valence-electron chi connectivity index (χ4n) is 6.39. The number of pyridine rings is 1. The summed E-state index contributed by atoms with van der Waals surface area (Å²) in [6.07, 6.45) is 4.06. The lowest BCUT2D eigenvalue weighted by Crippen LogP contribution is -1.96. The molecule has 0 fully saturated rings. The average molecular weight is 542 g/mol. The third-order valence-corrected chi connectivity index (χ3v) is 9.39. The van der Waals surface area contributed by atoms with Gasteiger partial charge in [0.1, 0.15) is 0 Å². The van der Waals surface area contributed by atoms with Crippen molar-refractivity contribution in [3.05, 3.63) is 140 Å². The van der Waals surface area contributed by atoms with Gasteiger partial charge in [-0.1, -0.05) is 72.8 Å². The van der Waals surface area contributed by atoms with Crippen LogP contribution in [0, 0.1) is 0 Å². The first-order chi connectivity index (χ1) is 20.3.